The minimum atomic E-state index is -3.21. The van der Waals surface area contributed by atoms with E-state index in [1.807, 2.05) is 12.1 Å². The van der Waals surface area contributed by atoms with Crippen LogP contribution >= 0.6 is 0 Å². The Bertz CT molecular complexity index is 913. The molecular weight excluding hydrogens is 420 g/mol. The minimum Gasteiger partial charge on any atom is -0.379 e. The Balaban J connectivity index is 1.54. The number of nitrogens with one attached hydrogen (secondary N) is 1. The molecule has 1 N–H and O–H groups in total. The maximum Gasteiger partial charge on any atom is 0.214 e. The van der Waals surface area contributed by atoms with Gasteiger partial charge in [0.1, 0.15) is 0 Å². The Morgan fingerprint density at radius 2 is 1.75 bits per heavy atom. The second kappa shape index (κ2) is 11.0. The van der Waals surface area contributed by atoms with Crippen molar-refractivity contribution in [3.05, 3.63) is 41.5 Å². The number of ketones is 1. The molecule has 0 atom stereocenters. The third-order valence-electron chi connectivity index (χ3n) is 6.71. The zero-order valence-electron chi connectivity index (χ0n) is 20.0. The molecule has 2 aliphatic rings. The predicted octanol–water partition coefficient (Wildman–Crippen LogP) is 4.92. The van der Waals surface area contributed by atoms with Gasteiger partial charge in [0, 0.05) is 41.9 Å². The lowest BCUT2D eigenvalue weighted by Gasteiger charge is -2.36. The number of nitrogens with zero attached hydrogens (tertiary/aromatic N) is 1. The number of carbonyl (C=O) groups excluding carboxylic acids is 1. The molecule has 0 radical (unpaired) electrons. The lowest BCUT2D eigenvalue weighted by molar-refractivity contribution is -0.119. The highest BCUT2D eigenvalue weighted by Gasteiger charge is 2.32. The Hall–Kier alpha value is -1.66. The number of benzene rings is 1. The van der Waals surface area contributed by atoms with Crippen molar-refractivity contribution in [3.8, 4) is 0 Å². The zero-order chi connectivity index (χ0) is 23.2. The molecule has 1 aromatic rings. The summed E-state index contributed by atoms with van der Waals surface area (Å²) < 4.78 is 27.0. The van der Waals surface area contributed by atoms with Crippen LogP contribution in [0.5, 0.6) is 0 Å². The van der Waals surface area contributed by atoms with E-state index in [0.717, 1.165) is 36.9 Å². The van der Waals surface area contributed by atoms with Crippen LogP contribution in [-0.4, -0.2) is 42.9 Å². The number of carbonyl (C=O) groups is 1. The standard InChI is InChI=1S/C26H40N2O3S/c1-4-5-6-7-8-11-18-32(30,31)28-16-14-21(15-17-28)25(29)19-24-23-13-10-9-12-22(23)20-26(2,3)27-24/h9-10,12-13,19,21,27H,4-8,11,14-18,20H2,1-3H3. The third-order valence-corrected chi connectivity index (χ3v) is 8.66. The van der Waals surface area contributed by atoms with Crippen molar-refractivity contribution in [2.24, 2.45) is 5.92 Å². The van der Waals surface area contributed by atoms with Crippen LogP contribution in [0.25, 0.3) is 5.70 Å². The summed E-state index contributed by atoms with van der Waals surface area (Å²) >= 11 is 0. The van der Waals surface area contributed by atoms with Crippen molar-refractivity contribution < 1.29 is 13.2 Å². The fourth-order valence-corrected chi connectivity index (χ4v) is 6.47. The van der Waals surface area contributed by atoms with Gasteiger partial charge in [-0.1, -0.05) is 63.3 Å². The number of hydrogen-bond acceptors (Lipinski definition) is 4. The molecule has 1 aromatic carbocycles. The van der Waals surface area contributed by atoms with Gasteiger partial charge >= 0.3 is 0 Å². The summed E-state index contributed by atoms with van der Waals surface area (Å²) in [5, 5.41) is 3.53. The number of fused-ring (bicyclic) bond motifs is 1. The Morgan fingerprint density at radius 1 is 1.09 bits per heavy atom. The van der Waals surface area contributed by atoms with Gasteiger partial charge in [-0.25, -0.2) is 12.7 Å². The molecule has 1 saturated heterocycles. The van der Waals surface area contributed by atoms with Gasteiger partial charge in [-0.2, -0.15) is 0 Å². The summed E-state index contributed by atoms with van der Waals surface area (Å²) in [5.74, 6) is 0.229. The molecule has 32 heavy (non-hydrogen) atoms. The topological polar surface area (TPSA) is 66.5 Å². The third kappa shape index (κ3) is 6.67. The average Bonchev–Trinajstić information content (AvgIpc) is 2.75. The molecule has 0 unspecified atom stereocenters. The van der Waals surface area contributed by atoms with Gasteiger partial charge in [0.2, 0.25) is 10.0 Å². The first-order valence-corrected chi connectivity index (χ1v) is 13.9. The van der Waals surface area contributed by atoms with Crippen molar-refractivity contribution >= 4 is 21.5 Å². The summed E-state index contributed by atoms with van der Waals surface area (Å²) in [6.45, 7) is 7.38. The molecule has 2 aliphatic heterocycles. The monoisotopic (exact) mass is 460 g/mol. The lowest BCUT2D eigenvalue weighted by atomic mass is 9.84. The largest absolute Gasteiger partial charge is 0.379 e. The maximum absolute atomic E-state index is 13.1. The molecule has 178 valence electrons. The molecule has 0 aromatic heterocycles. The average molecular weight is 461 g/mol. The highest BCUT2D eigenvalue weighted by molar-refractivity contribution is 7.89. The van der Waals surface area contributed by atoms with Gasteiger partial charge in [-0.3, -0.25) is 4.79 Å². The fourth-order valence-electron chi connectivity index (χ4n) is 4.88. The highest BCUT2D eigenvalue weighted by atomic mass is 32.2. The predicted molar refractivity (Wildman–Crippen MR) is 132 cm³/mol. The van der Waals surface area contributed by atoms with E-state index in [0.29, 0.717) is 25.9 Å². The number of rotatable bonds is 10. The fraction of sp³-hybridized carbons (Fsp3) is 0.654. The van der Waals surface area contributed by atoms with Gasteiger partial charge in [-0.05, 0) is 45.1 Å². The van der Waals surface area contributed by atoms with Crippen LogP contribution < -0.4 is 5.32 Å². The van der Waals surface area contributed by atoms with Crippen molar-refractivity contribution in [1.29, 1.82) is 0 Å². The van der Waals surface area contributed by atoms with Crippen LogP contribution in [0.2, 0.25) is 0 Å². The van der Waals surface area contributed by atoms with E-state index < -0.39 is 10.0 Å². The molecule has 0 spiro atoms. The number of allylic oxidation sites excluding steroid dienone is 1. The number of unbranched alkanes of at least 4 members (excludes halogenated alkanes) is 5. The van der Waals surface area contributed by atoms with Crippen LogP contribution in [0, 0.1) is 5.92 Å². The van der Waals surface area contributed by atoms with Crippen LogP contribution in [0.15, 0.2) is 30.3 Å². The number of piperidine rings is 1. The van der Waals surface area contributed by atoms with E-state index in [9.17, 15) is 13.2 Å². The Morgan fingerprint density at radius 3 is 2.47 bits per heavy atom. The van der Waals surface area contributed by atoms with Gasteiger partial charge in [0.15, 0.2) is 5.78 Å². The zero-order valence-corrected chi connectivity index (χ0v) is 20.8. The molecule has 1 fully saturated rings. The van der Waals surface area contributed by atoms with Crippen LogP contribution in [-0.2, 0) is 21.2 Å². The van der Waals surface area contributed by atoms with Crippen molar-refractivity contribution in [2.75, 3.05) is 18.8 Å². The van der Waals surface area contributed by atoms with Crippen LogP contribution in [0.3, 0.4) is 0 Å². The lowest BCUT2D eigenvalue weighted by Crippen LogP contribution is -2.44. The second-order valence-corrected chi connectivity index (χ2v) is 12.1. The quantitative estimate of drug-likeness (QED) is 0.397. The van der Waals surface area contributed by atoms with E-state index >= 15 is 0 Å². The molecule has 0 amide bonds. The van der Waals surface area contributed by atoms with Gasteiger partial charge < -0.3 is 5.32 Å². The molecule has 0 saturated carbocycles. The van der Waals surface area contributed by atoms with E-state index in [2.05, 4.69) is 38.2 Å². The van der Waals surface area contributed by atoms with Crippen molar-refractivity contribution in [3.63, 3.8) is 0 Å². The Labute approximate surface area is 194 Å². The highest BCUT2D eigenvalue weighted by Crippen LogP contribution is 2.30. The number of hydrogen-bond donors (Lipinski definition) is 1. The molecular formula is C26H40N2O3S. The molecule has 0 aliphatic carbocycles. The smallest absolute Gasteiger partial charge is 0.214 e. The molecule has 2 heterocycles. The first-order chi connectivity index (χ1) is 15.2. The van der Waals surface area contributed by atoms with Crippen LogP contribution in [0.4, 0.5) is 0 Å². The van der Waals surface area contributed by atoms with E-state index in [1.54, 1.807) is 10.4 Å². The molecule has 5 nitrogen and oxygen atoms in total. The van der Waals surface area contributed by atoms with Gasteiger partial charge in [0.25, 0.3) is 0 Å². The van der Waals surface area contributed by atoms with Crippen LogP contribution in [0.1, 0.15) is 83.3 Å². The molecule has 6 heteroatoms. The van der Waals surface area contributed by atoms with E-state index in [-0.39, 0.29) is 23.0 Å². The minimum absolute atomic E-state index is 0.103. The van der Waals surface area contributed by atoms with E-state index in [1.165, 1.54) is 24.8 Å². The SMILES string of the molecule is CCCCCCCCS(=O)(=O)N1CCC(C(=O)C=C2NC(C)(C)Cc3ccccc32)CC1. The summed E-state index contributed by atoms with van der Waals surface area (Å²) in [7, 11) is -3.21. The summed E-state index contributed by atoms with van der Waals surface area (Å²) in [6, 6.07) is 8.24. The van der Waals surface area contributed by atoms with Gasteiger partial charge in [0.05, 0.1) is 5.75 Å². The number of sulfonamides is 1. The van der Waals surface area contributed by atoms with E-state index in [4.69, 9.17) is 0 Å². The van der Waals surface area contributed by atoms with Gasteiger partial charge in [-0.15, -0.1) is 0 Å². The molecule has 0 bridgehead atoms. The first-order valence-electron chi connectivity index (χ1n) is 12.3. The first kappa shape index (κ1) is 25.0. The summed E-state index contributed by atoms with van der Waals surface area (Å²) in [5.41, 5.74) is 3.14. The van der Waals surface area contributed by atoms with Crippen molar-refractivity contribution in [1.82, 2.24) is 9.62 Å². The maximum atomic E-state index is 13.1. The summed E-state index contributed by atoms with van der Waals surface area (Å²) in [4.78, 5) is 13.1. The molecule has 3 rings (SSSR count). The Kier molecular flexibility index (Phi) is 8.56. The summed E-state index contributed by atoms with van der Waals surface area (Å²) in [6.07, 6.45) is 10.3. The second-order valence-electron chi connectivity index (χ2n) is 10.1. The normalized spacial score (nSPS) is 20.7. The van der Waals surface area contributed by atoms with Crippen molar-refractivity contribution in [2.45, 2.75) is 84.1 Å².